The fraction of sp³-hybridized carbons (Fsp3) is 0.333. The van der Waals surface area contributed by atoms with Crippen LogP contribution in [0.4, 0.5) is 0 Å². The van der Waals surface area contributed by atoms with E-state index in [1.807, 2.05) is 43.3 Å². The highest BCUT2D eigenvalue weighted by molar-refractivity contribution is 6.04. The van der Waals surface area contributed by atoms with E-state index in [1.165, 1.54) is 0 Å². The molecule has 5 heteroatoms. The smallest absolute Gasteiger partial charge is 0.336 e. The fourth-order valence-electron chi connectivity index (χ4n) is 4.73. The lowest BCUT2D eigenvalue weighted by molar-refractivity contribution is -0.139. The minimum Gasteiger partial charge on any atom is -0.508 e. The molecule has 5 nitrogen and oxygen atoms in total. The van der Waals surface area contributed by atoms with E-state index in [0.29, 0.717) is 35.2 Å². The number of carbonyl (C=O) groups is 2. The molecule has 0 spiro atoms. The summed E-state index contributed by atoms with van der Waals surface area (Å²) in [6.07, 6.45) is 1.75. The fourth-order valence-corrected chi connectivity index (χ4v) is 4.73. The van der Waals surface area contributed by atoms with Gasteiger partial charge in [-0.1, -0.05) is 56.3 Å². The van der Waals surface area contributed by atoms with Crippen LogP contribution in [0, 0.1) is 5.41 Å². The van der Waals surface area contributed by atoms with Crippen LogP contribution in [-0.2, 0) is 20.7 Å². The molecule has 2 aromatic carbocycles. The number of aromatic hydroxyl groups is 1. The van der Waals surface area contributed by atoms with E-state index in [2.05, 4.69) is 19.2 Å². The number of hydrogen-bond acceptors (Lipinski definition) is 5. The number of benzene rings is 2. The lowest BCUT2D eigenvalue weighted by Gasteiger charge is -2.39. The molecule has 1 atom stereocenters. The number of dihydropyridines is 1. The second-order valence-electron chi connectivity index (χ2n) is 9.40. The first-order valence-electron chi connectivity index (χ1n) is 11.0. The molecule has 0 saturated carbocycles. The molecule has 0 bridgehead atoms. The summed E-state index contributed by atoms with van der Waals surface area (Å²) in [5.74, 6) is -0.880. The molecule has 2 aromatic rings. The zero-order valence-corrected chi connectivity index (χ0v) is 18.8. The van der Waals surface area contributed by atoms with Crippen LogP contribution >= 0.6 is 0 Å². The Kier molecular flexibility index (Phi) is 5.92. The first-order chi connectivity index (χ1) is 15.2. The van der Waals surface area contributed by atoms with Crippen LogP contribution in [0.15, 0.2) is 77.1 Å². The molecule has 0 aromatic heterocycles. The van der Waals surface area contributed by atoms with Crippen LogP contribution in [0.1, 0.15) is 50.7 Å². The molecule has 0 amide bonds. The Morgan fingerprint density at radius 2 is 1.88 bits per heavy atom. The Labute approximate surface area is 188 Å². The predicted octanol–water partition coefficient (Wildman–Crippen LogP) is 4.78. The van der Waals surface area contributed by atoms with Gasteiger partial charge in [-0.3, -0.25) is 4.79 Å². The maximum absolute atomic E-state index is 13.3. The van der Waals surface area contributed by atoms with Gasteiger partial charge in [0.1, 0.15) is 5.75 Å². The number of ketones is 1. The van der Waals surface area contributed by atoms with Crippen molar-refractivity contribution in [3.8, 4) is 5.75 Å². The zero-order valence-electron chi connectivity index (χ0n) is 18.8. The highest BCUT2D eigenvalue weighted by Gasteiger charge is 2.43. The third kappa shape index (κ3) is 4.47. The van der Waals surface area contributed by atoms with Crippen molar-refractivity contribution in [3.63, 3.8) is 0 Å². The van der Waals surface area contributed by atoms with E-state index in [1.54, 1.807) is 18.2 Å². The van der Waals surface area contributed by atoms with Gasteiger partial charge in [0, 0.05) is 35.7 Å². The lowest BCUT2D eigenvalue weighted by atomic mass is 9.68. The number of rotatable bonds is 5. The third-order valence-electron chi connectivity index (χ3n) is 6.13. The van der Waals surface area contributed by atoms with Crippen LogP contribution in [-0.4, -0.2) is 23.5 Å². The Morgan fingerprint density at radius 1 is 1.12 bits per heavy atom. The Bertz CT molecular complexity index is 1110. The molecule has 1 aliphatic heterocycles. The second-order valence-corrected chi connectivity index (χ2v) is 9.40. The molecule has 1 heterocycles. The number of esters is 1. The van der Waals surface area contributed by atoms with Crippen molar-refractivity contribution < 1.29 is 19.4 Å². The largest absolute Gasteiger partial charge is 0.508 e. The average molecular weight is 432 g/mol. The van der Waals surface area contributed by atoms with Gasteiger partial charge >= 0.3 is 5.97 Å². The molecule has 0 fully saturated rings. The molecule has 2 aliphatic rings. The highest BCUT2D eigenvalue weighted by Crippen LogP contribution is 2.47. The summed E-state index contributed by atoms with van der Waals surface area (Å²) < 4.78 is 5.66. The van der Waals surface area contributed by atoms with Gasteiger partial charge < -0.3 is 15.2 Å². The van der Waals surface area contributed by atoms with Crippen molar-refractivity contribution in [3.05, 3.63) is 88.3 Å². The second kappa shape index (κ2) is 8.65. The van der Waals surface area contributed by atoms with Gasteiger partial charge in [0.15, 0.2) is 5.78 Å². The van der Waals surface area contributed by atoms with Crippen molar-refractivity contribution in [2.45, 2.75) is 46.0 Å². The van der Waals surface area contributed by atoms with E-state index in [0.717, 1.165) is 17.7 Å². The summed E-state index contributed by atoms with van der Waals surface area (Å²) in [6.45, 7) is 6.25. The standard InChI is InChI=1S/C27H29NO4/c1-17-23(26(31)32-13-12-18-8-5-4-6-9-18)24(19-10-7-11-20(29)14-19)25-21(28-17)15-27(2,3)16-22(25)30/h4-11,14,24,28-29H,12-13,15-16H2,1-3H3/t24-/m1/s1. The minimum atomic E-state index is -0.564. The van der Waals surface area contributed by atoms with Gasteiger partial charge in [-0.25, -0.2) is 4.79 Å². The van der Waals surface area contributed by atoms with Gasteiger partial charge in [0.2, 0.25) is 0 Å². The van der Waals surface area contributed by atoms with Gasteiger partial charge in [-0.2, -0.15) is 0 Å². The lowest BCUT2D eigenvalue weighted by Crippen LogP contribution is -2.38. The van der Waals surface area contributed by atoms with E-state index >= 15 is 0 Å². The monoisotopic (exact) mass is 431 g/mol. The van der Waals surface area contributed by atoms with E-state index in [9.17, 15) is 14.7 Å². The van der Waals surface area contributed by atoms with Crippen LogP contribution in [0.3, 0.4) is 0 Å². The molecule has 32 heavy (non-hydrogen) atoms. The summed E-state index contributed by atoms with van der Waals surface area (Å²) in [7, 11) is 0. The number of allylic oxidation sites excluding steroid dienone is 3. The number of ether oxygens (including phenoxy) is 1. The summed E-state index contributed by atoms with van der Waals surface area (Å²) in [5.41, 5.74) is 4.23. The van der Waals surface area contributed by atoms with E-state index in [-0.39, 0.29) is 23.6 Å². The number of nitrogens with one attached hydrogen (secondary N) is 1. The summed E-state index contributed by atoms with van der Waals surface area (Å²) >= 11 is 0. The number of hydrogen-bond donors (Lipinski definition) is 2. The molecule has 4 rings (SSSR count). The first-order valence-corrected chi connectivity index (χ1v) is 11.0. The third-order valence-corrected chi connectivity index (χ3v) is 6.13. The summed E-state index contributed by atoms with van der Waals surface area (Å²) in [5, 5.41) is 13.4. The van der Waals surface area contributed by atoms with Gasteiger partial charge in [-0.15, -0.1) is 0 Å². The number of phenols is 1. The number of Topliss-reactive ketones (excluding diaryl/α,β-unsaturated/α-hetero) is 1. The molecule has 166 valence electrons. The maximum Gasteiger partial charge on any atom is 0.336 e. The highest BCUT2D eigenvalue weighted by atomic mass is 16.5. The number of carbonyl (C=O) groups excluding carboxylic acids is 2. The summed E-state index contributed by atoms with van der Waals surface area (Å²) in [6, 6.07) is 16.6. The van der Waals surface area contributed by atoms with Crippen molar-refractivity contribution in [1.29, 1.82) is 0 Å². The van der Waals surface area contributed by atoms with Crippen LogP contribution in [0.25, 0.3) is 0 Å². The molecular weight excluding hydrogens is 402 g/mol. The Morgan fingerprint density at radius 3 is 2.59 bits per heavy atom. The van der Waals surface area contributed by atoms with Crippen molar-refractivity contribution >= 4 is 11.8 Å². The van der Waals surface area contributed by atoms with Crippen LogP contribution < -0.4 is 5.32 Å². The molecule has 1 aliphatic carbocycles. The van der Waals surface area contributed by atoms with Gasteiger partial charge in [0.05, 0.1) is 12.2 Å². The predicted molar refractivity (Wildman–Crippen MR) is 123 cm³/mol. The molecular formula is C27H29NO4. The SMILES string of the molecule is CC1=C(C(=O)OCCc2ccccc2)[C@@H](c2cccc(O)c2)C2=C(CC(C)(C)CC2=O)N1. The quantitative estimate of drug-likeness (QED) is 0.666. The van der Waals surface area contributed by atoms with Crippen LogP contribution in [0.2, 0.25) is 0 Å². The number of phenolic OH excluding ortho intramolecular Hbond substituents is 1. The van der Waals surface area contributed by atoms with Crippen molar-refractivity contribution in [2.24, 2.45) is 5.41 Å². The average Bonchev–Trinajstić information content (AvgIpc) is 2.72. The van der Waals surface area contributed by atoms with Crippen molar-refractivity contribution in [1.82, 2.24) is 5.32 Å². The Hall–Kier alpha value is -3.34. The maximum atomic E-state index is 13.3. The zero-order chi connectivity index (χ0) is 22.9. The molecule has 0 saturated heterocycles. The normalized spacial score (nSPS) is 20.0. The van der Waals surface area contributed by atoms with Crippen LogP contribution in [0.5, 0.6) is 5.75 Å². The molecule has 0 unspecified atom stereocenters. The van der Waals surface area contributed by atoms with Gasteiger partial charge in [0.25, 0.3) is 0 Å². The van der Waals surface area contributed by atoms with E-state index in [4.69, 9.17) is 4.74 Å². The Balaban J connectivity index is 1.67. The van der Waals surface area contributed by atoms with E-state index < -0.39 is 11.9 Å². The van der Waals surface area contributed by atoms with Crippen molar-refractivity contribution in [2.75, 3.05) is 6.61 Å². The first kappa shape index (κ1) is 21.9. The molecule has 2 N–H and O–H groups in total. The minimum absolute atomic E-state index is 0.0270. The summed E-state index contributed by atoms with van der Waals surface area (Å²) in [4.78, 5) is 26.5. The topological polar surface area (TPSA) is 75.6 Å². The molecule has 0 radical (unpaired) electrons. The van der Waals surface area contributed by atoms with Gasteiger partial charge in [-0.05, 0) is 42.0 Å².